The van der Waals surface area contributed by atoms with Gasteiger partial charge in [0.15, 0.2) is 12.5 Å². The summed E-state index contributed by atoms with van der Waals surface area (Å²) >= 11 is 12.8. The van der Waals surface area contributed by atoms with Gasteiger partial charge in [-0.3, -0.25) is 9.59 Å². The fraction of sp³-hybridized carbons (Fsp3) is 0.160. The van der Waals surface area contributed by atoms with Crippen LogP contribution in [-0.2, 0) is 11.5 Å². The first kappa shape index (κ1) is 27.3. The van der Waals surface area contributed by atoms with Gasteiger partial charge in [0.2, 0.25) is 11.6 Å². The summed E-state index contributed by atoms with van der Waals surface area (Å²) in [5.41, 5.74) is -2.47. The number of hydrogen-bond donors (Lipinski definition) is 1. The van der Waals surface area contributed by atoms with E-state index >= 15 is 0 Å². The quantitative estimate of drug-likeness (QED) is 0.329. The van der Waals surface area contributed by atoms with Gasteiger partial charge in [-0.15, -0.1) is 10.2 Å². The number of aromatic nitrogens is 5. The molecule has 0 unspecified atom stereocenters. The fourth-order valence-electron chi connectivity index (χ4n) is 3.40. The van der Waals surface area contributed by atoms with Crippen LogP contribution in [0, 0.1) is 11.3 Å². The summed E-state index contributed by atoms with van der Waals surface area (Å²) in [6.07, 6.45) is 0. The number of nitrogens with one attached hydrogen (secondary N) is 1. The number of aromatic amines is 1. The van der Waals surface area contributed by atoms with Crippen molar-refractivity contribution in [2.24, 2.45) is 0 Å². The largest absolute Gasteiger partial charge is 0.440 e. The predicted octanol–water partition coefficient (Wildman–Crippen LogP) is 3.39. The van der Waals surface area contributed by atoms with E-state index in [2.05, 4.69) is 15.3 Å². The zero-order chi connectivity index (χ0) is 28.3. The summed E-state index contributed by atoms with van der Waals surface area (Å²) in [6.45, 7) is 2.87. The molecule has 2 heterocycles. The normalized spacial score (nSPS) is 10.8. The molecule has 0 saturated heterocycles. The Labute approximate surface area is 229 Å². The smallest absolute Gasteiger partial charge is 0.355 e. The van der Waals surface area contributed by atoms with Crippen molar-refractivity contribution in [3.63, 3.8) is 0 Å². The molecule has 0 fully saturated rings. The van der Waals surface area contributed by atoms with Gasteiger partial charge in [0.1, 0.15) is 6.07 Å². The molecule has 2 aromatic carbocycles. The van der Waals surface area contributed by atoms with E-state index in [0.717, 1.165) is 0 Å². The monoisotopic (exact) mass is 568 g/mol. The van der Waals surface area contributed by atoms with E-state index in [1.807, 2.05) is 13.8 Å². The van der Waals surface area contributed by atoms with Crippen LogP contribution in [0.3, 0.4) is 0 Å². The van der Waals surface area contributed by atoms with Crippen molar-refractivity contribution in [1.82, 2.24) is 24.5 Å². The average Bonchev–Trinajstić information content (AvgIpc) is 2.91. The minimum Gasteiger partial charge on any atom is -0.440 e. The van der Waals surface area contributed by atoms with Crippen molar-refractivity contribution < 1.29 is 14.3 Å². The number of carbonyl (C=O) groups is 1. The molecule has 4 aromatic rings. The zero-order valence-electron chi connectivity index (χ0n) is 20.3. The van der Waals surface area contributed by atoms with E-state index in [1.54, 1.807) is 24.3 Å². The molecule has 0 atom stereocenters. The summed E-state index contributed by atoms with van der Waals surface area (Å²) in [5.74, 6) is -0.907. The number of carbonyl (C=O) groups excluding carboxylic acids is 1. The summed E-state index contributed by atoms with van der Waals surface area (Å²) in [7, 11) is 0. The maximum atomic E-state index is 13.1. The molecule has 14 heteroatoms. The molecule has 0 aliphatic carbocycles. The molecule has 0 saturated carbocycles. The summed E-state index contributed by atoms with van der Waals surface area (Å²) in [6, 6.07) is 13.5. The van der Waals surface area contributed by atoms with Gasteiger partial charge in [-0.05, 0) is 30.2 Å². The molecule has 4 rings (SSSR count). The van der Waals surface area contributed by atoms with Gasteiger partial charge in [-0.25, -0.2) is 19.3 Å². The predicted molar refractivity (Wildman–Crippen MR) is 140 cm³/mol. The van der Waals surface area contributed by atoms with Crippen LogP contribution in [0.2, 0.25) is 10.0 Å². The fourth-order valence-corrected chi connectivity index (χ4v) is 3.95. The third kappa shape index (κ3) is 5.74. The lowest BCUT2D eigenvalue weighted by molar-refractivity contribution is 0.0355. The number of nitrogens with zero attached hydrogens (tertiary/aromatic N) is 5. The lowest BCUT2D eigenvalue weighted by Gasteiger charge is -2.14. The second-order valence-corrected chi connectivity index (χ2v) is 9.12. The third-order valence-electron chi connectivity index (χ3n) is 5.37. The highest BCUT2D eigenvalue weighted by molar-refractivity contribution is 6.37. The van der Waals surface area contributed by atoms with Crippen LogP contribution in [0.5, 0.6) is 11.6 Å². The standard InChI is InChI=1S/C25H18Cl2N6O6/c1-13(2)16-10-20(29-30-22(16)34)39-21-17(26)8-15(9-18(21)27)33-25(37)32(23(35)19(11-28)31-33)12-38-24(36)14-6-4-3-5-7-14/h3-10,13H,12H2,1-2H3,(H,30,34). The number of halogens is 2. The topological polar surface area (TPSA) is 162 Å². The van der Waals surface area contributed by atoms with Crippen LogP contribution in [0.25, 0.3) is 5.69 Å². The highest BCUT2D eigenvalue weighted by Crippen LogP contribution is 2.37. The highest BCUT2D eigenvalue weighted by atomic mass is 35.5. The van der Waals surface area contributed by atoms with Crippen LogP contribution in [-0.4, -0.2) is 30.5 Å². The minimum atomic E-state index is -1.05. The Bertz CT molecular complexity index is 1770. The molecule has 0 amide bonds. The van der Waals surface area contributed by atoms with Crippen LogP contribution < -0.4 is 21.5 Å². The molecular formula is C25H18Cl2N6O6. The average molecular weight is 569 g/mol. The maximum absolute atomic E-state index is 13.1. The first-order valence-electron chi connectivity index (χ1n) is 11.2. The number of H-pyrrole nitrogens is 1. The summed E-state index contributed by atoms with van der Waals surface area (Å²) < 4.78 is 12.0. The van der Waals surface area contributed by atoms with Crippen molar-refractivity contribution in [2.75, 3.05) is 0 Å². The molecule has 198 valence electrons. The van der Waals surface area contributed by atoms with Gasteiger partial charge in [0.25, 0.3) is 11.1 Å². The van der Waals surface area contributed by atoms with Crippen molar-refractivity contribution in [3.05, 3.63) is 107 Å². The van der Waals surface area contributed by atoms with Gasteiger partial charge in [0, 0.05) is 11.6 Å². The van der Waals surface area contributed by atoms with Gasteiger partial charge in [-0.1, -0.05) is 55.2 Å². The number of benzene rings is 2. The Morgan fingerprint density at radius 2 is 1.77 bits per heavy atom. The number of rotatable bonds is 7. The van der Waals surface area contributed by atoms with Gasteiger partial charge in [0.05, 0.1) is 21.3 Å². The maximum Gasteiger partial charge on any atom is 0.355 e. The Balaban J connectivity index is 1.70. The molecule has 0 bridgehead atoms. The molecule has 0 aliphatic rings. The molecule has 39 heavy (non-hydrogen) atoms. The van der Waals surface area contributed by atoms with E-state index < -0.39 is 29.6 Å². The van der Waals surface area contributed by atoms with Gasteiger partial charge in [-0.2, -0.15) is 9.94 Å². The van der Waals surface area contributed by atoms with E-state index in [-0.39, 0.29) is 44.4 Å². The van der Waals surface area contributed by atoms with E-state index in [4.69, 9.17) is 32.7 Å². The van der Waals surface area contributed by atoms with Crippen molar-refractivity contribution >= 4 is 29.2 Å². The van der Waals surface area contributed by atoms with Crippen LogP contribution in [0.1, 0.15) is 41.4 Å². The first-order chi connectivity index (χ1) is 18.6. The first-order valence-corrected chi connectivity index (χ1v) is 12.0. The zero-order valence-corrected chi connectivity index (χ0v) is 21.9. The molecule has 1 N–H and O–H groups in total. The molecular weight excluding hydrogens is 551 g/mol. The SMILES string of the molecule is CC(C)c1cc(Oc2c(Cl)cc(-n3nc(C#N)c(=O)n(COC(=O)c4ccccc4)c3=O)cc2Cl)n[nH]c1=O. The number of ether oxygens (including phenoxy) is 2. The number of nitriles is 1. The van der Waals surface area contributed by atoms with E-state index in [9.17, 15) is 24.4 Å². The Morgan fingerprint density at radius 1 is 1.10 bits per heavy atom. The van der Waals surface area contributed by atoms with Crippen LogP contribution >= 0.6 is 23.2 Å². The third-order valence-corrected chi connectivity index (χ3v) is 5.93. The summed E-state index contributed by atoms with van der Waals surface area (Å²) in [5, 5.41) is 19.2. The summed E-state index contributed by atoms with van der Waals surface area (Å²) in [4.78, 5) is 50.0. The lowest BCUT2D eigenvalue weighted by atomic mass is 10.1. The molecule has 0 radical (unpaired) electrons. The lowest BCUT2D eigenvalue weighted by Crippen LogP contribution is -2.43. The Kier molecular flexibility index (Phi) is 7.94. The van der Waals surface area contributed by atoms with E-state index in [0.29, 0.717) is 14.8 Å². The van der Waals surface area contributed by atoms with Gasteiger partial charge < -0.3 is 9.47 Å². The molecule has 0 spiro atoms. The molecule has 12 nitrogen and oxygen atoms in total. The molecule has 0 aliphatic heterocycles. The highest BCUT2D eigenvalue weighted by Gasteiger charge is 2.20. The van der Waals surface area contributed by atoms with Crippen molar-refractivity contribution in [1.29, 1.82) is 5.26 Å². The molecule has 2 aromatic heterocycles. The van der Waals surface area contributed by atoms with Crippen molar-refractivity contribution in [2.45, 2.75) is 26.5 Å². The number of esters is 1. The second kappa shape index (κ2) is 11.3. The Hall–Kier alpha value is -4.73. The van der Waals surface area contributed by atoms with Gasteiger partial charge >= 0.3 is 11.7 Å². The van der Waals surface area contributed by atoms with E-state index in [1.165, 1.54) is 30.3 Å². The van der Waals surface area contributed by atoms with Crippen LogP contribution in [0.4, 0.5) is 0 Å². The Morgan fingerprint density at radius 3 is 2.38 bits per heavy atom. The van der Waals surface area contributed by atoms with Crippen LogP contribution in [0.15, 0.2) is 62.9 Å². The minimum absolute atomic E-state index is 0.0146. The second-order valence-electron chi connectivity index (χ2n) is 8.30. The number of hydrogen-bond acceptors (Lipinski definition) is 9. The van der Waals surface area contributed by atoms with Crippen molar-refractivity contribution in [3.8, 4) is 23.4 Å².